The number of anilines is 1. The highest BCUT2D eigenvalue weighted by atomic mass is 19.4. The molecule has 1 heterocycles. The van der Waals surface area contributed by atoms with E-state index in [4.69, 9.17) is 5.73 Å². The van der Waals surface area contributed by atoms with Gasteiger partial charge < -0.3 is 31.1 Å². The number of hydrogen-bond donors (Lipinski definition) is 4. The van der Waals surface area contributed by atoms with Crippen molar-refractivity contribution in [2.45, 2.75) is 70.4 Å². The van der Waals surface area contributed by atoms with Crippen LogP contribution in [0.1, 0.15) is 50.9 Å². The zero-order valence-corrected chi connectivity index (χ0v) is 22.0. The first-order valence-electron chi connectivity index (χ1n) is 12.2. The summed E-state index contributed by atoms with van der Waals surface area (Å²) in [7, 11) is 1.20. The van der Waals surface area contributed by atoms with Crippen LogP contribution in [0.3, 0.4) is 0 Å². The maximum absolute atomic E-state index is 13.7. The second-order valence-electron chi connectivity index (χ2n) is 9.98. The predicted octanol–water partition coefficient (Wildman–Crippen LogP) is 1.82. The first-order valence-corrected chi connectivity index (χ1v) is 12.2. The molecule has 0 saturated carbocycles. The lowest BCUT2D eigenvalue weighted by Gasteiger charge is -2.39. The van der Waals surface area contributed by atoms with Crippen molar-refractivity contribution in [3.63, 3.8) is 0 Å². The molecule has 10 nitrogen and oxygen atoms in total. The Bertz CT molecular complexity index is 1030. The fourth-order valence-electron chi connectivity index (χ4n) is 4.28. The number of aliphatic hydroxyl groups is 1. The number of likely N-dealkylation sites (tertiary alicyclic amines) is 1. The Kier molecular flexibility index (Phi) is 9.89. The van der Waals surface area contributed by atoms with Gasteiger partial charge in [-0.25, -0.2) is 4.79 Å². The van der Waals surface area contributed by atoms with Gasteiger partial charge in [-0.05, 0) is 48.9 Å². The van der Waals surface area contributed by atoms with Gasteiger partial charge in [-0.15, -0.1) is 0 Å². The Morgan fingerprint density at radius 1 is 1.05 bits per heavy atom. The highest BCUT2D eigenvalue weighted by molar-refractivity contribution is 6.17. The minimum Gasteiger partial charge on any atom is -0.465 e. The molecule has 1 saturated heterocycles. The van der Waals surface area contributed by atoms with Crippen molar-refractivity contribution in [1.29, 1.82) is 0 Å². The van der Waals surface area contributed by atoms with E-state index in [1.807, 2.05) is 0 Å². The molecule has 0 aromatic heterocycles. The number of rotatable bonds is 9. The second kappa shape index (κ2) is 12.1. The smallest absolute Gasteiger partial charge is 0.416 e. The van der Waals surface area contributed by atoms with Crippen molar-refractivity contribution in [3.8, 4) is 0 Å². The van der Waals surface area contributed by atoms with Crippen LogP contribution >= 0.6 is 0 Å². The zero-order valence-electron chi connectivity index (χ0n) is 22.0. The average Bonchev–Trinajstić information content (AvgIpc) is 3.31. The van der Waals surface area contributed by atoms with Crippen molar-refractivity contribution in [3.05, 3.63) is 29.8 Å². The van der Waals surface area contributed by atoms with Crippen LogP contribution in [-0.4, -0.2) is 77.3 Å². The normalized spacial score (nSPS) is 20.2. The minimum absolute atomic E-state index is 0.0322. The van der Waals surface area contributed by atoms with Crippen molar-refractivity contribution >= 4 is 29.4 Å². The minimum atomic E-state index is -5.04. The van der Waals surface area contributed by atoms with E-state index in [2.05, 4.69) is 15.4 Å². The molecular formula is C25H35F3N4O6. The monoisotopic (exact) mass is 544 g/mol. The summed E-state index contributed by atoms with van der Waals surface area (Å²) >= 11 is 0. The summed E-state index contributed by atoms with van der Waals surface area (Å²) in [5.41, 5.74) is 4.17. The first kappa shape index (κ1) is 31.0. The Morgan fingerprint density at radius 2 is 1.63 bits per heavy atom. The number of benzene rings is 1. The van der Waals surface area contributed by atoms with Crippen LogP contribution < -0.4 is 16.4 Å². The molecule has 13 heteroatoms. The molecule has 1 aliphatic heterocycles. The zero-order chi connectivity index (χ0) is 29.0. The van der Waals surface area contributed by atoms with Crippen LogP contribution in [0, 0.1) is 11.8 Å². The number of hydrogen-bond acceptors (Lipinski definition) is 7. The topological polar surface area (TPSA) is 151 Å². The summed E-state index contributed by atoms with van der Waals surface area (Å²) in [6, 6.07) is 2.63. The summed E-state index contributed by atoms with van der Waals surface area (Å²) in [5.74, 6) is -4.67. The van der Waals surface area contributed by atoms with Gasteiger partial charge >= 0.3 is 12.1 Å². The van der Waals surface area contributed by atoms with Crippen LogP contribution in [0.25, 0.3) is 0 Å². The van der Waals surface area contributed by atoms with E-state index in [1.54, 1.807) is 13.8 Å². The summed E-state index contributed by atoms with van der Waals surface area (Å²) in [6.07, 6.45) is -7.92. The predicted molar refractivity (Wildman–Crippen MR) is 132 cm³/mol. The van der Waals surface area contributed by atoms with Gasteiger partial charge in [0.25, 0.3) is 11.8 Å². The molecule has 0 bridgehead atoms. The molecule has 2 rings (SSSR count). The van der Waals surface area contributed by atoms with Crippen LogP contribution in [-0.2, 0) is 19.1 Å². The van der Waals surface area contributed by atoms with Gasteiger partial charge in [0.1, 0.15) is 0 Å². The Balaban J connectivity index is 2.51. The molecule has 1 aliphatic rings. The largest absolute Gasteiger partial charge is 0.465 e. The van der Waals surface area contributed by atoms with Crippen LogP contribution in [0.5, 0.6) is 0 Å². The van der Waals surface area contributed by atoms with Crippen molar-refractivity contribution in [2.24, 2.45) is 17.6 Å². The van der Waals surface area contributed by atoms with E-state index in [9.17, 15) is 37.5 Å². The molecular weight excluding hydrogens is 509 g/mol. The molecule has 1 aromatic carbocycles. The number of methoxy groups -OCH3 is 1. The Labute approximate surface area is 219 Å². The molecule has 38 heavy (non-hydrogen) atoms. The number of carbonyl (C=O) groups excluding carboxylic acids is 4. The summed E-state index contributed by atoms with van der Waals surface area (Å²) in [5, 5.41) is 14.6. The number of ether oxygens (including phenoxy) is 1. The lowest BCUT2D eigenvalue weighted by Crippen LogP contribution is -2.68. The second-order valence-corrected chi connectivity index (χ2v) is 9.98. The molecule has 3 amide bonds. The maximum Gasteiger partial charge on any atom is 0.416 e. The number of aliphatic hydroxyl groups excluding tert-OH is 1. The van der Waals surface area contributed by atoms with E-state index in [0.717, 1.165) is 4.90 Å². The van der Waals surface area contributed by atoms with E-state index < -0.39 is 59.5 Å². The van der Waals surface area contributed by atoms with Crippen LogP contribution in [0.15, 0.2) is 24.3 Å². The number of amides is 3. The fourth-order valence-corrected chi connectivity index (χ4v) is 4.28. The van der Waals surface area contributed by atoms with E-state index in [0.29, 0.717) is 0 Å². The van der Waals surface area contributed by atoms with Gasteiger partial charge in [0.15, 0.2) is 6.10 Å². The molecule has 0 spiro atoms. The number of nitrogens with one attached hydrogen (secondary N) is 2. The number of alkyl halides is 3. The van der Waals surface area contributed by atoms with Crippen LogP contribution in [0.4, 0.5) is 18.9 Å². The van der Waals surface area contributed by atoms with E-state index in [1.165, 1.54) is 45.2 Å². The Hall–Kier alpha value is -3.19. The van der Waals surface area contributed by atoms with E-state index in [-0.39, 0.29) is 36.6 Å². The molecule has 1 fully saturated rings. The number of halogens is 3. The summed E-state index contributed by atoms with van der Waals surface area (Å²) < 4.78 is 44.7. The van der Waals surface area contributed by atoms with Gasteiger partial charge in [-0.2, -0.15) is 13.2 Å². The fraction of sp³-hybridized carbons (Fsp3) is 0.600. The third-order valence-corrected chi connectivity index (χ3v) is 6.66. The lowest BCUT2D eigenvalue weighted by atomic mass is 9.89. The Morgan fingerprint density at radius 3 is 2.11 bits per heavy atom. The third kappa shape index (κ3) is 6.44. The number of esters is 1. The van der Waals surface area contributed by atoms with Gasteiger partial charge in [0.05, 0.1) is 24.8 Å². The maximum atomic E-state index is 13.7. The molecule has 2 unspecified atom stereocenters. The van der Waals surface area contributed by atoms with Gasteiger partial charge in [-0.1, -0.05) is 27.7 Å². The summed E-state index contributed by atoms with van der Waals surface area (Å²) in [4.78, 5) is 53.4. The molecule has 0 aliphatic carbocycles. The molecule has 1 aromatic rings. The number of nitrogens with zero attached hydrogens (tertiary/aromatic N) is 1. The standard InChI is InChI=1S/C25H35F3N4O6/c1-13(2)17(29)20(34)32-12-6-11-24(32,23(37)31-18(14(3)4)19(33)25(26,27)28)22(36)30-16-9-7-15(8-10-16)21(35)38-5/h7-10,13-14,17-19,33H,6,11-12,29H2,1-5H3,(H,30,36)(H,31,37)/t17-,18?,19?,24+/m0/s1. The SMILES string of the molecule is COC(=O)c1ccc(NC(=O)[C@@]2(C(=O)NC(C(C)C)C(O)C(F)(F)F)CCCN2C(=O)[C@@H](N)C(C)C)cc1. The third-order valence-electron chi connectivity index (χ3n) is 6.66. The highest BCUT2D eigenvalue weighted by Gasteiger charge is 2.58. The van der Waals surface area contributed by atoms with Gasteiger partial charge in [-0.3, -0.25) is 14.4 Å². The summed E-state index contributed by atoms with van der Waals surface area (Å²) in [6.45, 7) is 6.08. The van der Waals surface area contributed by atoms with Gasteiger partial charge in [0, 0.05) is 12.2 Å². The quantitative estimate of drug-likeness (QED) is 0.273. The lowest BCUT2D eigenvalue weighted by molar-refractivity contribution is -0.215. The van der Waals surface area contributed by atoms with Crippen LogP contribution in [0.2, 0.25) is 0 Å². The van der Waals surface area contributed by atoms with Crippen molar-refractivity contribution < 1.29 is 42.2 Å². The number of carbonyl (C=O) groups is 4. The molecule has 4 atom stereocenters. The first-order chi connectivity index (χ1) is 17.6. The molecule has 5 N–H and O–H groups in total. The molecule has 0 radical (unpaired) electrons. The average molecular weight is 545 g/mol. The highest BCUT2D eigenvalue weighted by Crippen LogP contribution is 2.34. The van der Waals surface area contributed by atoms with Crippen molar-refractivity contribution in [2.75, 3.05) is 19.0 Å². The van der Waals surface area contributed by atoms with Gasteiger partial charge in [0.2, 0.25) is 11.4 Å². The number of nitrogens with two attached hydrogens (primary N) is 1. The van der Waals surface area contributed by atoms with Crippen molar-refractivity contribution in [1.82, 2.24) is 10.2 Å². The molecule has 212 valence electrons. The van der Waals surface area contributed by atoms with E-state index >= 15 is 0 Å².